The van der Waals surface area contributed by atoms with Gasteiger partial charge in [0, 0.05) is 0 Å². The average molecular weight is 377 g/mol. The Labute approximate surface area is 160 Å². The maximum Gasteiger partial charge on any atom is 0.222 e. The van der Waals surface area contributed by atoms with Crippen LogP contribution in [-0.2, 0) is 12.1 Å². The van der Waals surface area contributed by atoms with Gasteiger partial charge in [0.15, 0.2) is 16.9 Å². The molecule has 4 aromatic rings. The third-order valence-electron chi connectivity index (χ3n) is 5.13. The molecule has 3 N–H and O–H groups in total. The van der Waals surface area contributed by atoms with Crippen LogP contribution in [0.25, 0.3) is 22.6 Å². The minimum absolute atomic E-state index is 0.116. The van der Waals surface area contributed by atoms with E-state index in [-0.39, 0.29) is 5.95 Å². The molecular weight excluding hydrogens is 358 g/mol. The topological polar surface area (TPSA) is 129 Å². The Morgan fingerprint density at radius 1 is 1.18 bits per heavy atom. The monoisotopic (exact) mass is 377 g/mol. The van der Waals surface area contributed by atoms with Crippen LogP contribution in [0.4, 0.5) is 5.95 Å². The van der Waals surface area contributed by atoms with Crippen molar-refractivity contribution in [2.45, 2.75) is 38.3 Å². The molecule has 1 saturated carbocycles. The lowest BCUT2D eigenvalue weighted by molar-refractivity contribution is -0.0427. The highest BCUT2D eigenvalue weighted by molar-refractivity contribution is 5.86. The molecule has 0 radical (unpaired) electrons. The molecule has 0 amide bonds. The van der Waals surface area contributed by atoms with Gasteiger partial charge >= 0.3 is 0 Å². The Balaban J connectivity index is 1.54. The molecule has 9 heteroatoms. The largest absolute Gasteiger partial charge is 0.460 e. The fraction of sp³-hybridized carbons (Fsp3) is 0.316. The molecular formula is C19H19N7O2. The molecule has 0 unspecified atom stereocenters. The highest BCUT2D eigenvalue weighted by atomic mass is 16.3. The molecule has 0 saturated heterocycles. The second-order valence-corrected chi connectivity index (χ2v) is 7.16. The first kappa shape index (κ1) is 16.8. The third-order valence-corrected chi connectivity index (χ3v) is 5.13. The van der Waals surface area contributed by atoms with Gasteiger partial charge in [-0.25, -0.2) is 9.67 Å². The Bertz CT molecular complexity index is 1180. The van der Waals surface area contributed by atoms with E-state index in [1.54, 1.807) is 4.68 Å². The number of nitrogens with zero attached hydrogens (tertiary/aromatic N) is 6. The first-order chi connectivity index (χ1) is 13.5. The standard InChI is InChI=1S/C19H19N7O2/c1-11-6-7-13(28-11)15-16-17(23-18(20)22-15)26(25-24-16)10-12-4-2-5-14(21-12)19(27)8-3-9-19/h2,4-7,27H,3,8-10H2,1H3,(H2,20,22,23). The Hall–Kier alpha value is -3.33. The lowest BCUT2D eigenvalue weighted by Crippen LogP contribution is -2.34. The highest BCUT2D eigenvalue weighted by Crippen LogP contribution is 2.40. The van der Waals surface area contributed by atoms with Gasteiger partial charge in [0.05, 0.1) is 17.9 Å². The smallest absolute Gasteiger partial charge is 0.222 e. The van der Waals surface area contributed by atoms with Gasteiger partial charge in [-0.15, -0.1) is 5.10 Å². The van der Waals surface area contributed by atoms with Crippen molar-refractivity contribution < 1.29 is 9.52 Å². The van der Waals surface area contributed by atoms with Crippen molar-refractivity contribution in [1.29, 1.82) is 0 Å². The number of pyridine rings is 1. The van der Waals surface area contributed by atoms with E-state index < -0.39 is 5.60 Å². The van der Waals surface area contributed by atoms with E-state index >= 15 is 0 Å². The SMILES string of the molecule is Cc1ccc(-c2nc(N)nc3c2nnn3Cc2cccc(C3(O)CCC3)n2)o1. The van der Waals surface area contributed by atoms with E-state index in [4.69, 9.17) is 10.2 Å². The van der Waals surface area contributed by atoms with Crippen molar-refractivity contribution in [3.8, 4) is 11.5 Å². The van der Waals surface area contributed by atoms with Gasteiger partial charge in [0.2, 0.25) is 5.95 Å². The molecule has 9 nitrogen and oxygen atoms in total. The summed E-state index contributed by atoms with van der Waals surface area (Å²) < 4.78 is 7.30. The second-order valence-electron chi connectivity index (χ2n) is 7.16. The van der Waals surface area contributed by atoms with Crippen LogP contribution in [-0.4, -0.2) is 35.1 Å². The Morgan fingerprint density at radius 3 is 2.75 bits per heavy atom. The number of aromatic nitrogens is 6. The Morgan fingerprint density at radius 2 is 2.04 bits per heavy atom. The summed E-state index contributed by atoms with van der Waals surface area (Å²) in [7, 11) is 0. The number of aryl methyl sites for hydroxylation is 1. The van der Waals surface area contributed by atoms with Gasteiger partial charge in [-0.1, -0.05) is 11.3 Å². The Kier molecular flexibility index (Phi) is 3.66. The van der Waals surface area contributed by atoms with E-state index in [9.17, 15) is 5.11 Å². The number of rotatable bonds is 4. The van der Waals surface area contributed by atoms with Crippen LogP contribution in [0.1, 0.15) is 36.4 Å². The number of nitrogen functional groups attached to an aromatic ring is 1. The summed E-state index contributed by atoms with van der Waals surface area (Å²) in [6.07, 6.45) is 2.50. The summed E-state index contributed by atoms with van der Waals surface area (Å²) in [4.78, 5) is 13.2. The van der Waals surface area contributed by atoms with Gasteiger partial charge in [0.1, 0.15) is 17.1 Å². The van der Waals surface area contributed by atoms with Crippen molar-refractivity contribution in [3.63, 3.8) is 0 Å². The number of nitrogens with two attached hydrogens (primary N) is 1. The summed E-state index contributed by atoms with van der Waals surface area (Å²) >= 11 is 0. The number of aliphatic hydroxyl groups is 1. The van der Waals surface area contributed by atoms with Crippen LogP contribution in [0, 0.1) is 6.92 Å². The van der Waals surface area contributed by atoms with E-state index in [1.807, 2.05) is 37.3 Å². The average Bonchev–Trinajstić information content (AvgIpc) is 3.26. The number of furan rings is 1. The van der Waals surface area contributed by atoms with E-state index in [0.717, 1.165) is 30.7 Å². The van der Waals surface area contributed by atoms with Crippen LogP contribution in [0.2, 0.25) is 0 Å². The van der Waals surface area contributed by atoms with Crippen molar-refractivity contribution in [3.05, 3.63) is 47.5 Å². The molecule has 0 atom stereocenters. The highest BCUT2D eigenvalue weighted by Gasteiger charge is 2.37. The lowest BCUT2D eigenvalue weighted by Gasteiger charge is -2.36. The van der Waals surface area contributed by atoms with Crippen molar-refractivity contribution >= 4 is 17.1 Å². The van der Waals surface area contributed by atoms with Gasteiger partial charge in [0.25, 0.3) is 0 Å². The zero-order chi connectivity index (χ0) is 19.3. The third kappa shape index (κ3) is 2.71. The zero-order valence-corrected chi connectivity index (χ0v) is 15.3. The predicted octanol–water partition coefficient (Wildman–Crippen LogP) is 2.19. The molecule has 0 spiro atoms. The summed E-state index contributed by atoms with van der Waals surface area (Å²) in [6, 6.07) is 9.32. The summed E-state index contributed by atoms with van der Waals surface area (Å²) in [5.74, 6) is 1.45. The molecule has 1 aliphatic rings. The molecule has 5 rings (SSSR count). The first-order valence-electron chi connectivity index (χ1n) is 9.14. The molecule has 142 valence electrons. The maximum atomic E-state index is 10.6. The van der Waals surface area contributed by atoms with Crippen molar-refractivity contribution in [2.24, 2.45) is 0 Å². The maximum absolute atomic E-state index is 10.6. The quantitative estimate of drug-likeness (QED) is 0.554. The molecule has 28 heavy (non-hydrogen) atoms. The van der Waals surface area contributed by atoms with Crippen LogP contribution in [0.3, 0.4) is 0 Å². The number of hydrogen-bond donors (Lipinski definition) is 2. The van der Waals surface area contributed by atoms with Gasteiger partial charge < -0.3 is 15.3 Å². The first-order valence-corrected chi connectivity index (χ1v) is 9.14. The number of fused-ring (bicyclic) bond motifs is 1. The molecule has 4 aromatic heterocycles. The van der Waals surface area contributed by atoms with Gasteiger partial charge in [-0.05, 0) is 50.5 Å². The normalized spacial score (nSPS) is 15.6. The summed E-state index contributed by atoms with van der Waals surface area (Å²) in [5, 5.41) is 19.0. The van der Waals surface area contributed by atoms with E-state index in [2.05, 4.69) is 25.3 Å². The lowest BCUT2D eigenvalue weighted by atomic mass is 9.77. The van der Waals surface area contributed by atoms with Crippen LogP contribution in [0.15, 0.2) is 34.7 Å². The number of anilines is 1. The van der Waals surface area contributed by atoms with Gasteiger partial charge in [-0.3, -0.25) is 4.98 Å². The zero-order valence-electron chi connectivity index (χ0n) is 15.3. The molecule has 1 aliphatic carbocycles. The molecule has 0 bridgehead atoms. The molecule has 0 aliphatic heterocycles. The van der Waals surface area contributed by atoms with Crippen LogP contribution in [0.5, 0.6) is 0 Å². The minimum Gasteiger partial charge on any atom is -0.460 e. The van der Waals surface area contributed by atoms with E-state index in [1.165, 1.54) is 0 Å². The van der Waals surface area contributed by atoms with E-state index in [0.29, 0.717) is 34.9 Å². The fourth-order valence-corrected chi connectivity index (χ4v) is 3.46. The van der Waals surface area contributed by atoms with Crippen molar-refractivity contribution in [1.82, 2.24) is 29.9 Å². The van der Waals surface area contributed by atoms with Crippen LogP contribution < -0.4 is 5.73 Å². The summed E-state index contributed by atoms with van der Waals surface area (Å²) in [6.45, 7) is 2.21. The molecule has 0 aromatic carbocycles. The second kappa shape index (κ2) is 6.10. The van der Waals surface area contributed by atoms with Crippen molar-refractivity contribution in [2.75, 3.05) is 5.73 Å². The minimum atomic E-state index is -0.808. The van der Waals surface area contributed by atoms with Crippen LogP contribution >= 0.6 is 0 Å². The fourth-order valence-electron chi connectivity index (χ4n) is 3.46. The predicted molar refractivity (Wildman–Crippen MR) is 101 cm³/mol. The molecule has 4 heterocycles. The summed E-state index contributed by atoms with van der Waals surface area (Å²) in [5.41, 5.74) is 8.09. The van der Waals surface area contributed by atoms with Gasteiger partial charge in [-0.2, -0.15) is 4.98 Å². The molecule has 1 fully saturated rings. The number of hydrogen-bond acceptors (Lipinski definition) is 8.